The molecule has 0 atom stereocenters. The maximum Gasteiger partial charge on any atom is 0.252 e. The van der Waals surface area contributed by atoms with E-state index in [4.69, 9.17) is 0 Å². The van der Waals surface area contributed by atoms with Crippen molar-refractivity contribution in [3.05, 3.63) is 125 Å². The molecule has 12 rings (SSSR count). The highest BCUT2D eigenvalue weighted by Gasteiger charge is 2.62. The molecule has 4 saturated carbocycles. The maximum absolute atomic E-state index is 2.71. The summed E-state index contributed by atoms with van der Waals surface area (Å²) < 4.78 is 0. The van der Waals surface area contributed by atoms with Crippen LogP contribution in [0.4, 0.5) is 34.1 Å². The van der Waals surface area contributed by atoms with E-state index in [0.717, 1.165) is 30.1 Å². The first-order valence-corrected chi connectivity index (χ1v) is 19.1. The van der Waals surface area contributed by atoms with Gasteiger partial charge in [-0.25, -0.2) is 0 Å². The third kappa shape index (κ3) is 3.59. The number of hydrogen-bond acceptors (Lipinski definition) is 2. The topological polar surface area (TPSA) is 6.48 Å². The number of benzene rings is 5. The second-order valence-corrected chi connectivity index (χ2v) is 17.3. The van der Waals surface area contributed by atoms with Crippen LogP contribution in [0.5, 0.6) is 0 Å². The SMILES string of the molecule is CCc1ccc2c(c1)B1c3cccc4c3N(c3ccccc3C43C4CC5CC(C4)CC3C5)c3cccc(c31)N2c1ccc(C(C)(C)C)cc1. The van der Waals surface area contributed by atoms with E-state index in [9.17, 15) is 0 Å². The summed E-state index contributed by atoms with van der Waals surface area (Å²) >= 11 is 0. The van der Waals surface area contributed by atoms with Crippen molar-refractivity contribution in [2.45, 2.75) is 77.0 Å². The van der Waals surface area contributed by atoms with Crippen molar-refractivity contribution in [3.8, 4) is 0 Å². The summed E-state index contributed by atoms with van der Waals surface area (Å²) in [6.45, 7) is 9.41. The minimum Gasteiger partial charge on any atom is -0.311 e. The van der Waals surface area contributed by atoms with Gasteiger partial charge < -0.3 is 9.80 Å². The minimum absolute atomic E-state index is 0.114. The average molecular weight is 637 g/mol. The van der Waals surface area contributed by atoms with Gasteiger partial charge >= 0.3 is 0 Å². The Morgan fingerprint density at radius 3 is 2.00 bits per heavy atom. The Balaban J connectivity index is 1.20. The summed E-state index contributed by atoms with van der Waals surface area (Å²) in [5.41, 5.74) is 18.8. The molecule has 0 radical (unpaired) electrons. The largest absolute Gasteiger partial charge is 0.311 e. The summed E-state index contributed by atoms with van der Waals surface area (Å²) in [6, 6.07) is 40.9. The van der Waals surface area contributed by atoms with Crippen LogP contribution in [0, 0.1) is 23.7 Å². The van der Waals surface area contributed by atoms with Gasteiger partial charge in [-0.05, 0) is 143 Å². The van der Waals surface area contributed by atoms with E-state index in [-0.39, 0.29) is 17.5 Å². The fraction of sp³-hybridized carbons (Fsp3) is 0.348. The number of nitrogens with zero attached hydrogens (tertiary/aromatic N) is 2. The summed E-state index contributed by atoms with van der Waals surface area (Å²) in [4.78, 5) is 5.27. The normalized spacial score (nSPS) is 26.4. The molecule has 1 spiro atoms. The summed E-state index contributed by atoms with van der Waals surface area (Å²) in [7, 11) is 0. The molecule has 5 aromatic rings. The molecule has 3 heterocycles. The van der Waals surface area contributed by atoms with Crippen LogP contribution >= 0.6 is 0 Å². The van der Waals surface area contributed by atoms with Crippen molar-refractivity contribution in [2.24, 2.45) is 23.7 Å². The Morgan fingerprint density at radius 2 is 1.29 bits per heavy atom. The Morgan fingerprint density at radius 1 is 0.633 bits per heavy atom. The highest BCUT2D eigenvalue weighted by atomic mass is 15.2. The first kappa shape index (κ1) is 28.6. The Labute approximate surface area is 292 Å². The van der Waals surface area contributed by atoms with Gasteiger partial charge in [0.25, 0.3) is 6.71 Å². The van der Waals surface area contributed by atoms with Crippen molar-refractivity contribution < 1.29 is 0 Å². The van der Waals surface area contributed by atoms with Crippen LogP contribution < -0.4 is 26.2 Å². The van der Waals surface area contributed by atoms with Gasteiger partial charge in [-0.15, -0.1) is 0 Å². The van der Waals surface area contributed by atoms with Crippen LogP contribution in [0.3, 0.4) is 0 Å². The molecular formula is C46H45BN2. The van der Waals surface area contributed by atoms with Crippen LogP contribution in [-0.4, -0.2) is 6.71 Å². The van der Waals surface area contributed by atoms with Gasteiger partial charge in [-0.1, -0.05) is 94.4 Å². The molecule has 4 aliphatic carbocycles. The maximum atomic E-state index is 2.71. The number of para-hydroxylation sites is 2. The first-order chi connectivity index (χ1) is 23.9. The van der Waals surface area contributed by atoms with Gasteiger partial charge in [0.2, 0.25) is 0 Å². The van der Waals surface area contributed by atoms with Crippen LogP contribution in [-0.2, 0) is 17.3 Å². The minimum atomic E-state index is 0.114. The Kier molecular flexibility index (Phi) is 5.67. The van der Waals surface area contributed by atoms with Crippen molar-refractivity contribution in [1.29, 1.82) is 0 Å². The highest BCUT2D eigenvalue weighted by Crippen LogP contribution is 2.69. The monoisotopic (exact) mass is 636 g/mol. The molecule has 2 nitrogen and oxygen atoms in total. The molecule has 5 aromatic carbocycles. The zero-order valence-electron chi connectivity index (χ0n) is 29.3. The lowest BCUT2D eigenvalue weighted by Crippen LogP contribution is -2.64. The lowest BCUT2D eigenvalue weighted by molar-refractivity contribution is -0.0419. The number of rotatable bonds is 2. The number of hydrogen-bond donors (Lipinski definition) is 0. The predicted molar refractivity (Wildman–Crippen MR) is 206 cm³/mol. The van der Waals surface area contributed by atoms with Gasteiger partial charge in [-0.2, -0.15) is 0 Å². The first-order valence-electron chi connectivity index (χ1n) is 19.1. The molecule has 4 fully saturated rings. The summed E-state index contributed by atoms with van der Waals surface area (Å²) in [5, 5.41) is 0. The van der Waals surface area contributed by atoms with Gasteiger partial charge in [-0.3, -0.25) is 0 Å². The molecule has 0 N–H and O–H groups in total. The molecule has 3 aliphatic heterocycles. The van der Waals surface area contributed by atoms with Gasteiger partial charge in [0.05, 0.1) is 5.69 Å². The average Bonchev–Trinajstić information content (AvgIpc) is 3.11. The summed E-state index contributed by atoms with van der Waals surface area (Å²) in [6.07, 6.45) is 8.13. The number of aryl methyl sites for hydroxylation is 1. The molecule has 242 valence electrons. The smallest absolute Gasteiger partial charge is 0.252 e. The molecule has 49 heavy (non-hydrogen) atoms. The zero-order chi connectivity index (χ0) is 32.8. The van der Waals surface area contributed by atoms with Crippen LogP contribution in [0.2, 0.25) is 0 Å². The van der Waals surface area contributed by atoms with Crippen molar-refractivity contribution in [1.82, 2.24) is 0 Å². The van der Waals surface area contributed by atoms with E-state index >= 15 is 0 Å². The fourth-order valence-corrected chi connectivity index (χ4v) is 12.2. The molecule has 0 aromatic heterocycles. The second kappa shape index (κ2) is 9.72. The molecule has 7 aliphatic rings. The molecule has 3 heteroatoms. The molecule has 0 amide bonds. The molecule has 0 unspecified atom stereocenters. The third-order valence-corrected chi connectivity index (χ3v) is 13.9. The number of anilines is 6. The van der Waals surface area contributed by atoms with Crippen LogP contribution in [0.15, 0.2) is 103 Å². The second-order valence-electron chi connectivity index (χ2n) is 17.3. The highest BCUT2D eigenvalue weighted by molar-refractivity contribution is 7.00. The van der Waals surface area contributed by atoms with Gasteiger partial charge in [0.1, 0.15) is 0 Å². The fourth-order valence-electron chi connectivity index (χ4n) is 12.2. The quantitative estimate of drug-likeness (QED) is 0.174. The van der Waals surface area contributed by atoms with Crippen LogP contribution in [0.25, 0.3) is 0 Å². The zero-order valence-corrected chi connectivity index (χ0v) is 29.3. The lowest BCUT2D eigenvalue weighted by Gasteiger charge is -2.64. The van der Waals surface area contributed by atoms with Crippen molar-refractivity contribution >= 4 is 57.2 Å². The van der Waals surface area contributed by atoms with Crippen molar-refractivity contribution in [3.63, 3.8) is 0 Å². The van der Waals surface area contributed by atoms with Gasteiger partial charge in [0, 0.05) is 33.9 Å². The number of fused-ring (bicyclic) bond motifs is 6. The van der Waals surface area contributed by atoms with E-state index in [0.29, 0.717) is 0 Å². The Bertz CT molecular complexity index is 2160. The standard InChI is InChI=1S/C46H45BN2/c1-5-28-16-21-40-38(27-28)47-37-12-8-11-36-44(37)49(39-13-7-6-10-35(39)46(36)32-23-29-22-30(25-32)26-33(46)24-29)42-15-9-14-41(43(42)47)48(40)34-19-17-31(18-20-34)45(2,3)4/h6-21,27,29-30,32-33H,5,22-26H2,1-4H3. The van der Waals surface area contributed by atoms with Crippen molar-refractivity contribution in [2.75, 3.05) is 9.80 Å². The molecule has 4 bridgehead atoms. The van der Waals surface area contributed by atoms with E-state index in [2.05, 4.69) is 141 Å². The van der Waals surface area contributed by atoms with E-state index in [1.165, 1.54) is 93.7 Å². The Hall–Kier alpha value is -4.24. The predicted octanol–water partition coefficient (Wildman–Crippen LogP) is 9.68. The molecular weight excluding hydrogens is 591 g/mol. The molecule has 0 saturated heterocycles. The van der Waals surface area contributed by atoms with E-state index in [1.807, 2.05) is 0 Å². The third-order valence-electron chi connectivity index (χ3n) is 13.9. The van der Waals surface area contributed by atoms with Gasteiger partial charge in [0.15, 0.2) is 0 Å². The van der Waals surface area contributed by atoms with Crippen LogP contribution in [0.1, 0.15) is 82.1 Å². The summed E-state index contributed by atoms with van der Waals surface area (Å²) in [5.74, 6) is 3.34. The van der Waals surface area contributed by atoms with E-state index < -0.39 is 0 Å². The lowest BCUT2D eigenvalue weighted by atomic mass is 9.32. The van der Waals surface area contributed by atoms with E-state index in [1.54, 1.807) is 11.1 Å².